The third kappa shape index (κ3) is 3.76. The van der Waals surface area contributed by atoms with E-state index in [-0.39, 0.29) is 6.04 Å². The molecule has 1 aliphatic rings. The monoisotopic (exact) mass is 530 g/mol. The molecule has 0 bridgehead atoms. The fourth-order valence-corrected chi connectivity index (χ4v) is 6.61. The predicted octanol–water partition coefficient (Wildman–Crippen LogP) is 10.2. The zero-order chi connectivity index (χ0) is 26.5. The summed E-state index contributed by atoms with van der Waals surface area (Å²) in [5, 5.41) is 11.0. The van der Waals surface area contributed by atoms with Gasteiger partial charge in [0.05, 0.1) is 5.00 Å². The third-order valence-corrected chi connectivity index (χ3v) is 8.50. The van der Waals surface area contributed by atoms with Crippen LogP contribution in [0.25, 0.3) is 49.4 Å². The zero-order valence-electron chi connectivity index (χ0n) is 21.6. The normalized spacial score (nSPS) is 14.6. The van der Waals surface area contributed by atoms with Crippen LogP contribution in [0.5, 0.6) is 0 Å². The Hall–Kier alpha value is -4.93. The molecule has 1 unspecified atom stereocenters. The number of fused-ring (bicyclic) bond motifs is 4. The first-order valence-electron chi connectivity index (χ1n) is 13.4. The average Bonchev–Trinajstić information content (AvgIpc) is 3.64. The Bertz CT molecular complexity index is 1920. The van der Waals surface area contributed by atoms with Crippen molar-refractivity contribution in [3.8, 4) is 22.3 Å². The van der Waals surface area contributed by atoms with Crippen molar-refractivity contribution in [3.05, 3.63) is 155 Å². The number of benzene rings is 5. The lowest BCUT2D eigenvalue weighted by molar-refractivity contribution is 0.975. The van der Waals surface area contributed by atoms with Gasteiger partial charge in [0.15, 0.2) is 0 Å². The minimum absolute atomic E-state index is 0.167. The smallest absolute Gasteiger partial charge is 0.0507 e. The molecule has 0 amide bonds. The van der Waals surface area contributed by atoms with Crippen molar-refractivity contribution >= 4 is 44.1 Å². The van der Waals surface area contributed by atoms with E-state index >= 15 is 0 Å². The number of nitrogens with zero attached hydrogens (tertiary/aromatic N) is 3. The zero-order valence-corrected chi connectivity index (χ0v) is 22.4. The molecule has 0 aliphatic carbocycles. The Morgan fingerprint density at radius 1 is 0.575 bits per heavy atom. The highest BCUT2D eigenvalue weighted by atomic mass is 32.1. The standard InChI is InChI=1S/C36H24N3S/c1-3-11-24(12-4-1)26-21-27(25-13-5-2-6-14-25)23-28(22-26)34-31-19-20-40-35(31)38-36(37-34)39-32-17-9-7-15-29(32)30-16-8-10-18-33(30)39/h1-23,34H/q-1. The lowest BCUT2D eigenvalue weighted by Crippen LogP contribution is -2.17. The Morgan fingerprint density at radius 2 is 1.12 bits per heavy atom. The molecular weight excluding hydrogens is 506 g/mol. The molecule has 8 rings (SSSR count). The van der Waals surface area contributed by atoms with Crippen molar-refractivity contribution in [2.75, 3.05) is 0 Å². The molecule has 5 aromatic carbocycles. The second-order valence-electron chi connectivity index (χ2n) is 10.1. The summed E-state index contributed by atoms with van der Waals surface area (Å²) < 4.78 is 2.22. The highest BCUT2D eigenvalue weighted by Crippen LogP contribution is 2.46. The molecule has 0 fully saturated rings. The van der Waals surface area contributed by atoms with E-state index < -0.39 is 0 Å². The van der Waals surface area contributed by atoms with E-state index in [0.717, 1.165) is 33.1 Å². The molecule has 190 valence electrons. The highest BCUT2D eigenvalue weighted by Gasteiger charge is 2.23. The summed E-state index contributed by atoms with van der Waals surface area (Å²) >= 11 is 1.68. The van der Waals surface area contributed by atoms with Gasteiger partial charge in [-0.2, -0.15) is 0 Å². The first-order valence-corrected chi connectivity index (χ1v) is 14.3. The quantitative estimate of drug-likeness (QED) is 0.218. The van der Waals surface area contributed by atoms with Gasteiger partial charge in [0.25, 0.3) is 0 Å². The molecule has 4 heteroatoms. The van der Waals surface area contributed by atoms with Crippen molar-refractivity contribution in [2.45, 2.75) is 6.04 Å². The van der Waals surface area contributed by atoms with Gasteiger partial charge in [-0.15, -0.1) is 11.3 Å². The van der Waals surface area contributed by atoms with Crippen LogP contribution in [0.2, 0.25) is 0 Å². The van der Waals surface area contributed by atoms with Gasteiger partial charge in [-0.1, -0.05) is 109 Å². The summed E-state index contributed by atoms with van der Waals surface area (Å²) in [5.74, 6) is 0.726. The molecule has 0 radical (unpaired) electrons. The van der Waals surface area contributed by atoms with Crippen LogP contribution in [0.15, 0.2) is 144 Å². The topological polar surface area (TPSA) is 31.4 Å². The first kappa shape index (κ1) is 23.0. The third-order valence-electron chi connectivity index (χ3n) is 7.68. The molecule has 0 saturated carbocycles. The molecule has 0 N–H and O–H groups in total. The SMILES string of the molecule is c1ccc(-c2cc(-c3ccccc3)cc(C3[N-]C(n4c5ccccc5c5ccccc54)=Nc4sccc43)c2)cc1. The largest absolute Gasteiger partial charge is 0.380 e. The van der Waals surface area contributed by atoms with Gasteiger partial charge in [-0.25, -0.2) is 0 Å². The van der Waals surface area contributed by atoms with E-state index in [4.69, 9.17) is 10.3 Å². The summed E-state index contributed by atoms with van der Waals surface area (Å²) in [6.07, 6.45) is 0. The van der Waals surface area contributed by atoms with Gasteiger partial charge >= 0.3 is 0 Å². The van der Waals surface area contributed by atoms with Crippen molar-refractivity contribution in [2.24, 2.45) is 4.99 Å². The van der Waals surface area contributed by atoms with E-state index in [1.54, 1.807) is 11.3 Å². The van der Waals surface area contributed by atoms with Gasteiger partial charge in [-0.3, -0.25) is 0 Å². The number of thiophene rings is 1. The van der Waals surface area contributed by atoms with Crippen molar-refractivity contribution in [3.63, 3.8) is 0 Å². The molecule has 2 aromatic heterocycles. The lowest BCUT2D eigenvalue weighted by Gasteiger charge is -2.34. The van der Waals surface area contributed by atoms with Gasteiger partial charge < -0.3 is 14.9 Å². The molecule has 0 saturated heterocycles. The summed E-state index contributed by atoms with van der Waals surface area (Å²) in [4.78, 5) is 5.12. The summed E-state index contributed by atoms with van der Waals surface area (Å²) in [5.41, 5.74) is 9.31. The number of para-hydroxylation sites is 2. The van der Waals surface area contributed by atoms with Crippen LogP contribution < -0.4 is 0 Å². The lowest BCUT2D eigenvalue weighted by atomic mass is 9.91. The van der Waals surface area contributed by atoms with E-state index in [9.17, 15) is 0 Å². The molecule has 1 aliphatic heterocycles. The van der Waals surface area contributed by atoms with Crippen molar-refractivity contribution in [1.29, 1.82) is 0 Å². The van der Waals surface area contributed by atoms with Crippen LogP contribution in [0, 0.1) is 0 Å². The average molecular weight is 531 g/mol. The molecule has 7 aromatic rings. The van der Waals surface area contributed by atoms with E-state index in [1.807, 2.05) is 0 Å². The van der Waals surface area contributed by atoms with Gasteiger partial charge in [0, 0.05) is 12.0 Å². The second-order valence-corrected chi connectivity index (χ2v) is 11.0. The number of hydrogen-bond acceptors (Lipinski definition) is 2. The summed E-state index contributed by atoms with van der Waals surface area (Å²) in [7, 11) is 0. The van der Waals surface area contributed by atoms with Crippen molar-refractivity contribution in [1.82, 2.24) is 4.57 Å². The minimum atomic E-state index is -0.167. The van der Waals surface area contributed by atoms with Crippen LogP contribution in [-0.2, 0) is 0 Å². The molecular formula is C36H24N3S-. The summed E-state index contributed by atoms with van der Waals surface area (Å²) in [6, 6.07) is 47.2. The molecule has 1 atom stereocenters. The van der Waals surface area contributed by atoms with Crippen LogP contribution in [0.4, 0.5) is 5.00 Å². The Morgan fingerprint density at radius 3 is 1.73 bits per heavy atom. The Labute approximate surface area is 236 Å². The number of rotatable bonds is 3. The van der Waals surface area contributed by atoms with Crippen molar-refractivity contribution < 1.29 is 0 Å². The Balaban J connectivity index is 1.33. The molecule has 40 heavy (non-hydrogen) atoms. The highest BCUT2D eigenvalue weighted by molar-refractivity contribution is 7.14. The van der Waals surface area contributed by atoms with Crippen LogP contribution in [0.1, 0.15) is 17.2 Å². The Kier molecular flexibility index (Phi) is 5.39. The molecule has 3 nitrogen and oxygen atoms in total. The van der Waals surface area contributed by atoms with Crippen LogP contribution in [-0.4, -0.2) is 10.5 Å². The number of aromatic nitrogens is 1. The van der Waals surface area contributed by atoms with Crippen LogP contribution in [0.3, 0.4) is 0 Å². The second kappa shape index (κ2) is 9.37. The predicted molar refractivity (Wildman–Crippen MR) is 169 cm³/mol. The maximum Gasteiger partial charge on any atom is 0.0507 e. The fourth-order valence-electron chi connectivity index (χ4n) is 5.82. The number of hydrogen-bond donors (Lipinski definition) is 0. The van der Waals surface area contributed by atoms with E-state index in [1.165, 1.54) is 33.0 Å². The molecule has 0 spiro atoms. The van der Waals surface area contributed by atoms with E-state index in [0.29, 0.717) is 0 Å². The first-order chi connectivity index (χ1) is 19.8. The maximum atomic E-state index is 5.40. The molecule has 3 heterocycles. The van der Waals surface area contributed by atoms with E-state index in [2.05, 4.69) is 143 Å². The minimum Gasteiger partial charge on any atom is -0.380 e. The van der Waals surface area contributed by atoms with Gasteiger partial charge in [0.1, 0.15) is 0 Å². The maximum absolute atomic E-state index is 5.40. The van der Waals surface area contributed by atoms with Crippen LogP contribution >= 0.6 is 11.3 Å². The number of aliphatic imine (C=N–C) groups is 1. The fraction of sp³-hybridized carbons (Fsp3) is 0.0278. The van der Waals surface area contributed by atoms with Gasteiger partial charge in [0.2, 0.25) is 0 Å². The summed E-state index contributed by atoms with van der Waals surface area (Å²) in [6.45, 7) is 0. The van der Waals surface area contributed by atoms with Gasteiger partial charge in [-0.05, 0) is 84.8 Å².